The highest BCUT2D eigenvalue weighted by atomic mass is 16.6. The Morgan fingerprint density at radius 1 is 1.00 bits per heavy atom. The van der Waals surface area contributed by atoms with Crippen molar-refractivity contribution in [2.75, 3.05) is 5.32 Å². The van der Waals surface area contributed by atoms with Crippen molar-refractivity contribution in [3.63, 3.8) is 0 Å². The van der Waals surface area contributed by atoms with Crippen molar-refractivity contribution < 1.29 is 9.45 Å². The Hall–Kier alpha value is -4.00. The van der Waals surface area contributed by atoms with Crippen LogP contribution in [0.15, 0.2) is 77.3 Å². The Labute approximate surface area is 167 Å². The van der Waals surface area contributed by atoms with Crippen molar-refractivity contribution in [2.24, 2.45) is 0 Å². The summed E-state index contributed by atoms with van der Waals surface area (Å²) in [6.45, 7) is 2.48. The number of nitro groups is 1. The van der Waals surface area contributed by atoms with Crippen molar-refractivity contribution in [3.05, 3.63) is 94.0 Å². The molecule has 0 amide bonds. The molecule has 0 spiro atoms. The summed E-state index contributed by atoms with van der Waals surface area (Å²) in [5, 5.41) is 18.7. The van der Waals surface area contributed by atoms with Gasteiger partial charge >= 0.3 is 0 Å². The van der Waals surface area contributed by atoms with Crippen LogP contribution in [0.3, 0.4) is 0 Å². The van der Waals surface area contributed by atoms with Gasteiger partial charge in [-0.05, 0) is 24.6 Å². The summed E-state index contributed by atoms with van der Waals surface area (Å²) in [6.07, 6.45) is 0. The molecule has 0 saturated heterocycles. The molecule has 1 N–H and O–H groups in total. The molecule has 0 aliphatic heterocycles. The highest BCUT2D eigenvalue weighted by Gasteiger charge is 2.18. The van der Waals surface area contributed by atoms with Crippen LogP contribution >= 0.6 is 0 Å². The van der Waals surface area contributed by atoms with Gasteiger partial charge in [-0.15, -0.1) is 0 Å². The van der Waals surface area contributed by atoms with Gasteiger partial charge in [0.25, 0.3) is 11.6 Å². The van der Waals surface area contributed by atoms with Crippen LogP contribution in [0.5, 0.6) is 0 Å². The van der Waals surface area contributed by atoms with Crippen LogP contribution < -0.4 is 5.32 Å². The minimum Gasteiger partial charge on any atom is -0.375 e. The molecule has 4 rings (SSSR count). The van der Waals surface area contributed by atoms with Gasteiger partial charge in [-0.25, -0.2) is 0 Å². The second-order valence-electron chi connectivity index (χ2n) is 6.62. The second-order valence-corrected chi connectivity index (χ2v) is 6.62. The molecule has 4 aromatic rings. The molecule has 0 atom stereocenters. The van der Waals surface area contributed by atoms with Crippen molar-refractivity contribution >= 4 is 11.4 Å². The maximum absolute atomic E-state index is 11.6. The van der Waals surface area contributed by atoms with E-state index in [0.717, 1.165) is 16.7 Å². The Bertz CT molecular complexity index is 1140. The van der Waals surface area contributed by atoms with E-state index in [9.17, 15) is 10.1 Å². The average molecular weight is 386 g/mol. The fourth-order valence-electron chi connectivity index (χ4n) is 2.92. The van der Waals surface area contributed by atoms with E-state index in [1.165, 1.54) is 6.07 Å². The Balaban J connectivity index is 1.59. The van der Waals surface area contributed by atoms with Crippen molar-refractivity contribution in [1.82, 2.24) is 10.1 Å². The first-order chi connectivity index (χ1) is 14.1. The van der Waals surface area contributed by atoms with Gasteiger partial charge in [-0.1, -0.05) is 65.3 Å². The van der Waals surface area contributed by atoms with Crippen LogP contribution in [0.4, 0.5) is 11.4 Å². The molecule has 0 bridgehead atoms. The van der Waals surface area contributed by atoms with Gasteiger partial charge in [0.1, 0.15) is 5.69 Å². The molecule has 3 aromatic carbocycles. The monoisotopic (exact) mass is 386 g/mol. The summed E-state index contributed by atoms with van der Waals surface area (Å²) >= 11 is 0. The Morgan fingerprint density at radius 3 is 2.45 bits per heavy atom. The summed E-state index contributed by atoms with van der Waals surface area (Å²) < 4.78 is 5.34. The smallest absolute Gasteiger partial charge is 0.293 e. The molecule has 1 aromatic heterocycles. The zero-order chi connectivity index (χ0) is 20.2. The predicted octanol–water partition coefficient (Wildman–Crippen LogP) is 5.23. The Kier molecular flexibility index (Phi) is 5.03. The van der Waals surface area contributed by atoms with Crippen molar-refractivity contribution in [2.45, 2.75) is 13.5 Å². The topological polar surface area (TPSA) is 94.1 Å². The maximum Gasteiger partial charge on any atom is 0.293 e. The molecule has 1 heterocycles. The van der Waals surface area contributed by atoms with Gasteiger partial charge in [0.15, 0.2) is 0 Å². The van der Waals surface area contributed by atoms with Crippen LogP contribution in [0.2, 0.25) is 0 Å². The number of anilines is 1. The normalized spacial score (nSPS) is 10.7. The first-order valence-corrected chi connectivity index (χ1v) is 9.07. The van der Waals surface area contributed by atoms with E-state index >= 15 is 0 Å². The van der Waals surface area contributed by atoms with Crippen molar-refractivity contribution in [3.8, 4) is 22.8 Å². The van der Waals surface area contributed by atoms with Gasteiger partial charge in [0.2, 0.25) is 5.82 Å². The lowest BCUT2D eigenvalue weighted by Gasteiger charge is -2.08. The second kappa shape index (κ2) is 7.93. The van der Waals surface area contributed by atoms with Gasteiger partial charge in [0.05, 0.1) is 4.92 Å². The van der Waals surface area contributed by atoms with Gasteiger partial charge in [-0.3, -0.25) is 10.1 Å². The lowest BCUT2D eigenvalue weighted by molar-refractivity contribution is -0.383. The maximum atomic E-state index is 11.6. The Morgan fingerprint density at radius 2 is 1.72 bits per heavy atom. The van der Waals surface area contributed by atoms with E-state index in [2.05, 4.69) is 15.5 Å². The number of nitrogens with zero attached hydrogens (tertiary/aromatic N) is 3. The fraction of sp³-hybridized carbons (Fsp3) is 0.0909. The number of nitrogens with one attached hydrogen (secondary N) is 1. The first-order valence-electron chi connectivity index (χ1n) is 9.07. The van der Waals surface area contributed by atoms with E-state index in [0.29, 0.717) is 23.6 Å². The van der Waals surface area contributed by atoms with E-state index in [1.54, 1.807) is 12.1 Å². The molecule has 0 radical (unpaired) electrons. The first kappa shape index (κ1) is 18.4. The van der Waals surface area contributed by atoms with E-state index in [-0.39, 0.29) is 11.6 Å². The molecule has 0 saturated carbocycles. The van der Waals surface area contributed by atoms with Gasteiger partial charge < -0.3 is 9.84 Å². The lowest BCUT2D eigenvalue weighted by Crippen LogP contribution is -2.02. The summed E-state index contributed by atoms with van der Waals surface area (Å²) in [7, 11) is 0. The summed E-state index contributed by atoms with van der Waals surface area (Å²) in [5.74, 6) is 0.673. The molecule has 144 valence electrons. The largest absolute Gasteiger partial charge is 0.375 e. The van der Waals surface area contributed by atoms with Gasteiger partial charge in [-0.2, -0.15) is 4.98 Å². The zero-order valence-corrected chi connectivity index (χ0v) is 15.7. The molecule has 0 aliphatic rings. The third-order valence-corrected chi connectivity index (χ3v) is 4.50. The van der Waals surface area contributed by atoms with E-state index < -0.39 is 4.92 Å². The SMILES string of the molecule is Cc1ccc(-c2noc(-c3ccc(NCc4ccccc4)c([N+](=O)[O-])c3)n2)cc1. The number of rotatable bonds is 6. The van der Waals surface area contributed by atoms with Crippen molar-refractivity contribution in [1.29, 1.82) is 0 Å². The molecule has 7 nitrogen and oxygen atoms in total. The summed E-state index contributed by atoms with van der Waals surface area (Å²) in [6, 6.07) is 22.3. The number of hydrogen-bond acceptors (Lipinski definition) is 6. The van der Waals surface area contributed by atoms with Crippen LogP contribution in [-0.4, -0.2) is 15.1 Å². The summed E-state index contributed by atoms with van der Waals surface area (Å²) in [5.41, 5.74) is 3.86. The number of benzene rings is 3. The molecule has 29 heavy (non-hydrogen) atoms. The molecule has 0 fully saturated rings. The van der Waals surface area contributed by atoms with Crippen LogP contribution in [0.1, 0.15) is 11.1 Å². The lowest BCUT2D eigenvalue weighted by atomic mass is 10.1. The highest BCUT2D eigenvalue weighted by molar-refractivity contribution is 5.70. The van der Waals surface area contributed by atoms with Gasteiger partial charge in [0, 0.05) is 23.7 Å². The minimum absolute atomic E-state index is 0.0477. The molecular weight excluding hydrogens is 368 g/mol. The quantitative estimate of drug-likeness (QED) is 0.360. The van der Waals surface area contributed by atoms with Crippen LogP contribution in [0.25, 0.3) is 22.8 Å². The molecule has 0 aliphatic carbocycles. The number of nitro benzene ring substituents is 1. The number of aryl methyl sites for hydroxylation is 1. The molecular formula is C22H18N4O3. The van der Waals surface area contributed by atoms with E-state index in [1.807, 2.05) is 61.5 Å². The third kappa shape index (κ3) is 4.14. The third-order valence-electron chi connectivity index (χ3n) is 4.50. The minimum atomic E-state index is -0.423. The summed E-state index contributed by atoms with van der Waals surface area (Å²) in [4.78, 5) is 15.5. The zero-order valence-electron chi connectivity index (χ0n) is 15.7. The number of hydrogen-bond donors (Lipinski definition) is 1. The highest BCUT2D eigenvalue weighted by Crippen LogP contribution is 2.31. The van der Waals surface area contributed by atoms with Crippen LogP contribution in [-0.2, 0) is 6.54 Å². The fourth-order valence-corrected chi connectivity index (χ4v) is 2.92. The predicted molar refractivity (Wildman–Crippen MR) is 110 cm³/mol. The molecule has 0 unspecified atom stereocenters. The number of aromatic nitrogens is 2. The van der Waals surface area contributed by atoms with E-state index in [4.69, 9.17) is 4.52 Å². The van der Waals surface area contributed by atoms with Crippen LogP contribution in [0, 0.1) is 17.0 Å². The standard InChI is InChI=1S/C22H18N4O3/c1-15-7-9-17(10-8-15)21-24-22(29-25-21)18-11-12-19(20(13-18)26(27)28)23-14-16-5-3-2-4-6-16/h2-13,23H,14H2,1H3. The average Bonchev–Trinajstić information content (AvgIpc) is 3.23. The molecule has 7 heteroatoms.